The minimum absolute atomic E-state index is 0. The maximum absolute atomic E-state index is 12.8. The Morgan fingerprint density at radius 1 is 1.15 bits per heavy atom. The standard InChI is InChI=1S/C24H33N3O5.ClH/c1-5-31-20-14-19(21(32-11-10-28)13-17(20)12-15(2)3)22(24(29)30-4)27-18-8-6-16(7-9-18)23(25)26;/h6-9,13-15,22,27-28H,5,10-12H2,1-4H3,(H3,25,26);1H. The Labute approximate surface area is 201 Å². The first-order valence-corrected chi connectivity index (χ1v) is 10.6. The maximum Gasteiger partial charge on any atom is 0.333 e. The third-order valence-corrected chi connectivity index (χ3v) is 4.72. The second kappa shape index (κ2) is 13.5. The Balaban J connectivity index is 0.00000544. The van der Waals surface area contributed by atoms with Crippen LogP contribution in [0.5, 0.6) is 11.5 Å². The van der Waals surface area contributed by atoms with Gasteiger partial charge in [0.2, 0.25) is 0 Å². The van der Waals surface area contributed by atoms with Gasteiger partial charge in [-0.05, 0) is 61.2 Å². The minimum Gasteiger partial charge on any atom is -0.494 e. The van der Waals surface area contributed by atoms with Gasteiger partial charge in [-0.3, -0.25) is 5.41 Å². The van der Waals surface area contributed by atoms with Gasteiger partial charge in [0, 0.05) is 16.8 Å². The average molecular weight is 480 g/mol. The van der Waals surface area contributed by atoms with Crippen LogP contribution >= 0.6 is 12.4 Å². The Morgan fingerprint density at radius 2 is 1.82 bits per heavy atom. The number of halogens is 1. The number of hydrogen-bond donors (Lipinski definition) is 4. The molecule has 33 heavy (non-hydrogen) atoms. The summed E-state index contributed by atoms with van der Waals surface area (Å²) in [6, 6.07) is 9.64. The van der Waals surface area contributed by atoms with Crippen LogP contribution in [0.25, 0.3) is 0 Å². The lowest BCUT2D eigenvalue weighted by Crippen LogP contribution is -2.24. The van der Waals surface area contributed by atoms with Gasteiger partial charge in [-0.1, -0.05) is 13.8 Å². The first-order chi connectivity index (χ1) is 15.3. The molecule has 0 aliphatic heterocycles. The van der Waals surface area contributed by atoms with E-state index in [0.717, 1.165) is 12.0 Å². The number of anilines is 1. The summed E-state index contributed by atoms with van der Waals surface area (Å²) < 4.78 is 16.7. The van der Waals surface area contributed by atoms with Gasteiger partial charge in [-0.15, -0.1) is 12.4 Å². The van der Waals surface area contributed by atoms with Crippen molar-refractivity contribution in [2.45, 2.75) is 33.2 Å². The predicted octanol–water partition coefficient (Wildman–Crippen LogP) is 3.69. The Hall–Kier alpha value is -2.97. The number of rotatable bonds is 12. The lowest BCUT2D eigenvalue weighted by atomic mass is 9.96. The number of benzene rings is 2. The summed E-state index contributed by atoms with van der Waals surface area (Å²) in [5.41, 5.74) is 8.25. The molecule has 0 saturated heterocycles. The molecule has 1 atom stereocenters. The zero-order valence-electron chi connectivity index (χ0n) is 19.5. The highest BCUT2D eigenvalue weighted by Crippen LogP contribution is 2.36. The zero-order valence-corrected chi connectivity index (χ0v) is 20.3. The molecule has 0 heterocycles. The van der Waals surface area contributed by atoms with Crippen LogP contribution in [0, 0.1) is 11.3 Å². The van der Waals surface area contributed by atoms with Crippen molar-refractivity contribution in [1.29, 1.82) is 5.41 Å². The number of ether oxygens (including phenoxy) is 3. The number of aliphatic hydroxyl groups is 1. The maximum atomic E-state index is 12.8. The van der Waals surface area contributed by atoms with E-state index in [1.165, 1.54) is 7.11 Å². The molecule has 0 bridgehead atoms. The van der Waals surface area contributed by atoms with Crippen molar-refractivity contribution in [2.75, 3.05) is 32.2 Å². The third-order valence-electron chi connectivity index (χ3n) is 4.72. The summed E-state index contributed by atoms with van der Waals surface area (Å²) in [6.45, 7) is 6.53. The summed E-state index contributed by atoms with van der Waals surface area (Å²) >= 11 is 0. The van der Waals surface area contributed by atoms with Crippen molar-refractivity contribution in [3.63, 3.8) is 0 Å². The number of esters is 1. The van der Waals surface area contributed by atoms with Gasteiger partial charge in [0.1, 0.15) is 23.9 Å². The summed E-state index contributed by atoms with van der Waals surface area (Å²) in [6.07, 6.45) is 0.772. The summed E-state index contributed by atoms with van der Waals surface area (Å²) in [4.78, 5) is 12.8. The topological polar surface area (TPSA) is 127 Å². The van der Waals surface area contributed by atoms with Gasteiger partial charge in [0.05, 0.1) is 20.3 Å². The molecule has 8 nitrogen and oxygen atoms in total. The molecule has 0 fully saturated rings. The van der Waals surface area contributed by atoms with Crippen LogP contribution in [0.2, 0.25) is 0 Å². The van der Waals surface area contributed by atoms with Gasteiger partial charge < -0.3 is 30.4 Å². The molecular formula is C24H34ClN3O5. The van der Waals surface area contributed by atoms with Crippen molar-refractivity contribution in [3.05, 3.63) is 53.1 Å². The fourth-order valence-corrected chi connectivity index (χ4v) is 3.31. The van der Waals surface area contributed by atoms with E-state index in [4.69, 9.17) is 25.4 Å². The van der Waals surface area contributed by atoms with Crippen LogP contribution in [-0.4, -0.2) is 43.8 Å². The van der Waals surface area contributed by atoms with Crippen molar-refractivity contribution in [2.24, 2.45) is 11.7 Å². The second-order valence-corrected chi connectivity index (χ2v) is 7.69. The fraction of sp³-hybridized carbons (Fsp3) is 0.417. The van der Waals surface area contributed by atoms with Crippen LogP contribution < -0.4 is 20.5 Å². The van der Waals surface area contributed by atoms with Crippen LogP contribution in [0.4, 0.5) is 5.69 Å². The first-order valence-electron chi connectivity index (χ1n) is 10.6. The summed E-state index contributed by atoms with van der Waals surface area (Å²) in [7, 11) is 1.32. The predicted molar refractivity (Wildman–Crippen MR) is 132 cm³/mol. The van der Waals surface area contributed by atoms with Crippen LogP contribution in [0.3, 0.4) is 0 Å². The molecule has 0 aliphatic rings. The number of amidine groups is 1. The molecule has 0 saturated carbocycles. The highest BCUT2D eigenvalue weighted by Gasteiger charge is 2.27. The number of carbonyl (C=O) groups excluding carboxylic acids is 1. The smallest absolute Gasteiger partial charge is 0.333 e. The first kappa shape index (κ1) is 28.1. The fourth-order valence-electron chi connectivity index (χ4n) is 3.31. The van der Waals surface area contributed by atoms with Crippen molar-refractivity contribution >= 4 is 29.9 Å². The normalized spacial score (nSPS) is 11.3. The van der Waals surface area contributed by atoms with E-state index < -0.39 is 12.0 Å². The molecule has 2 aromatic rings. The van der Waals surface area contributed by atoms with E-state index in [0.29, 0.717) is 40.8 Å². The second-order valence-electron chi connectivity index (χ2n) is 7.69. The van der Waals surface area contributed by atoms with Crippen LogP contribution in [-0.2, 0) is 16.0 Å². The Bertz CT molecular complexity index is 919. The number of carbonyl (C=O) groups is 1. The van der Waals surface area contributed by atoms with Gasteiger partial charge in [0.25, 0.3) is 0 Å². The molecule has 5 N–H and O–H groups in total. The van der Waals surface area contributed by atoms with Gasteiger partial charge in [-0.2, -0.15) is 0 Å². The summed E-state index contributed by atoms with van der Waals surface area (Å²) in [5, 5.41) is 20.0. The van der Waals surface area contributed by atoms with Crippen LogP contribution in [0.15, 0.2) is 36.4 Å². The Morgan fingerprint density at radius 3 is 2.33 bits per heavy atom. The number of hydrogen-bond acceptors (Lipinski definition) is 7. The van der Waals surface area contributed by atoms with E-state index in [9.17, 15) is 9.90 Å². The van der Waals surface area contributed by atoms with E-state index in [1.54, 1.807) is 30.3 Å². The molecule has 2 rings (SSSR count). The van der Waals surface area contributed by atoms with E-state index in [2.05, 4.69) is 19.2 Å². The largest absolute Gasteiger partial charge is 0.494 e. The Kier molecular flexibility index (Phi) is 11.5. The van der Waals surface area contributed by atoms with Crippen molar-refractivity contribution in [1.82, 2.24) is 0 Å². The number of nitrogens with one attached hydrogen (secondary N) is 2. The molecule has 0 aliphatic carbocycles. The number of nitrogens with two attached hydrogens (primary N) is 1. The number of aliphatic hydroxyl groups excluding tert-OH is 1. The number of methoxy groups -OCH3 is 1. The zero-order chi connectivity index (χ0) is 23.7. The molecule has 2 aromatic carbocycles. The average Bonchev–Trinajstić information content (AvgIpc) is 2.77. The van der Waals surface area contributed by atoms with Crippen molar-refractivity contribution in [3.8, 4) is 11.5 Å². The third kappa shape index (κ3) is 7.83. The highest BCUT2D eigenvalue weighted by molar-refractivity contribution is 5.95. The monoisotopic (exact) mass is 479 g/mol. The van der Waals surface area contributed by atoms with E-state index in [1.807, 2.05) is 13.0 Å². The van der Waals surface area contributed by atoms with E-state index in [-0.39, 0.29) is 31.5 Å². The molecule has 9 heteroatoms. The van der Waals surface area contributed by atoms with E-state index >= 15 is 0 Å². The molecule has 0 spiro atoms. The van der Waals surface area contributed by atoms with Gasteiger partial charge in [0.15, 0.2) is 6.04 Å². The van der Waals surface area contributed by atoms with Crippen LogP contribution in [0.1, 0.15) is 43.5 Å². The summed E-state index contributed by atoms with van der Waals surface area (Å²) in [5.74, 6) is 0.994. The minimum atomic E-state index is -0.885. The van der Waals surface area contributed by atoms with Gasteiger partial charge in [-0.25, -0.2) is 4.79 Å². The molecule has 0 aromatic heterocycles. The SMILES string of the molecule is CCOc1cc(C(Nc2ccc(C(=N)N)cc2)C(=O)OC)c(OCCO)cc1CC(C)C.Cl. The molecule has 182 valence electrons. The highest BCUT2D eigenvalue weighted by atomic mass is 35.5. The molecule has 0 amide bonds. The molecule has 0 radical (unpaired) electrons. The van der Waals surface area contributed by atoms with Crippen molar-refractivity contribution < 1.29 is 24.1 Å². The lowest BCUT2D eigenvalue weighted by molar-refractivity contribution is -0.141. The molecular weight excluding hydrogens is 446 g/mol. The lowest BCUT2D eigenvalue weighted by Gasteiger charge is -2.23. The quantitative estimate of drug-likeness (QED) is 0.208. The number of nitrogen functional groups attached to an aromatic ring is 1. The van der Waals surface area contributed by atoms with Gasteiger partial charge >= 0.3 is 5.97 Å². The molecule has 1 unspecified atom stereocenters.